The first-order valence-electron chi connectivity index (χ1n) is 4.08. The van der Waals surface area contributed by atoms with Gasteiger partial charge in [0.25, 0.3) is 0 Å². The molecule has 0 fully saturated rings. The van der Waals surface area contributed by atoms with Gasteiger partial charge < -0.3 is 15.7 Å². The number of nitrogens with one attached hydrogen (secondary N) is 2. The average molecular weight is 221 g/mol. The van der Waals surface area contributed by atoms with E-state index >= 15 is 0 Å². The van der Waals surface area contributed by atoms with Crippen LogP contribution in [0, 0.1) is 4.77 Å². The van der Waals surface area contributed by atoms with Crippen LogP contribution in [0.25, 0.3) is 11.4 Å². The molecule has 0 aliphatic carbocycles. The second-order valence-corrected chi connectivity index (χ2v) is 3.15. The normalized spacial score (nSPS) is 10.1. The maximum atomic E-state index is 11.5. The van der Waals surface area contributed by atoms with Gasteiger partial charge in [-0.2, -0.15) is 4.98 Å². The number of nitrogen functional groups attached to an aromatic ring is 1. The molecule has 2 rings (SSSR count). The Morgan fingerprint density at radius 3 is 2.87 bits per heavy atom. The average Bonchev–Trinajstić information content (AvgIpc) is 2.16. The number of nitrogens with zero attached hydrogens (tertiary/aromatic N) is 2. The summed E-state index contributed by atoms with van der Waals surface area (Å²) in [5.74, 6) is 0.447. The van der Waals surface area contributed by atoms with Crippen LogP contribution in [-0.4, -0.2) is 19.9 Å². The van der Waals surface area contributed by atoms with E-state index < -0.39 is 0 Å². The maximum Gasteiger partial charge on any atom is 0.224 e. The number of pyridine rings is 1. The lowest BCUT2D eigenvalue weighted by Crippen LogP contribution is -2.07. The quantitative estimate of drug-likeness (QED) is 0.608. The predicted octanol–water partition coefficient (Wildman–Crippen LogP) is 0.472. The summed E-state index contributed by atoms with van der Waals surface area (Å²) in [7, 11) is 0. The van der Waals surface area contributed by atoms with Gasteiger partial charge in [-0.15, -0.1) is 0 Å². The Bertz CT molecular complexity index is 602. The van der Waals surface area contributed by atoms with Gasteiger partial charge in [-0.3, -0.25) is 4.79 Å². The van der Waals surface area contributed by atoms with E-state index in [-0.39, 0.29) is 16.1 Å². The van der Waals surface area contributed by atoms with Crippen molar-refractivity contribution >= 4 is 18.2 Å². The monoisotopic (exact) mass is 221 g/mol. The molecular formula is C8H7N5OS. The number of aromatic amines is 2. The van der Waals surface area contributed by atoms with Gasteiger partial charge in [-0.25, -0.2) is 4.98 Å². The minimum absolute atomic E-state index is 0.101. The highest BCUT2D eigenvalue weighted by atomic mass is 32.1. The number of H-pyrrole nitrogens is 2. The summed E-state index contributed by atoms with van der Waals surface area (Å²) >= 11 is 4.80. The van der Waals surface area contributed by atoms with Crippen LogP contribution in [0.2, 0.25) is 0 Å². The molecule has 2 aromatic heterocycles. The van der Waals surface area contributed by atoms with Gasteiger partial charge in [-0.1, -0.05) is 0 Å². The number of anilines is 1. The van der Waals surface area contributed by atoms with Gasteiger partial charge in [0.1, 0.15) is 5.82 Å². The fourth-order valence-electron chi connectivity index (χ4n) is 1.13. The molecule has 0 radical (unpaired) electrons. The highest BCUT2D eigenvalue weighted by molar-refractivity contribution is 7.71. The number of nitrogens with two attached hydrogens (primary N) is 1. The van der Waals surface area contributed by atoms with Gasteiger partial charge in [0.05, 0.1) is 5.56 Å². The molecule has 0 saturated heterocycles. The van der Waals surface area contributed by atoms with Crippen molar-refractivity contribution in [2.45, 2.75) is 0 Å². The molecule has 0 saturated carbocycles. The van der Waals surface area contributed by atoms with E-state index in [1.807, 2.05) is 0 Å². The SMILES string of the molecule is Nc1nc(=S)nc(-c2c[nH]ccc2=O)[nH]1. The number of rotatable bonds is 1. The number of hydrogen-bond donors (Lipinski definition) is 3. The molecule has 2 aromatic rings. The molecule has 6 nitrogen and oxygen atoms in total. The van der Waals surface area contributed by atoms with Crippen molar-refractivity contribution in [1.82, 2.24) is 19.9 Å². The second-order valence-electron chi connectivity index (χ2n) is 2.79. The molecule has 2 heterocycles. The fourth-order valence-corrected chi connectivity index (χ4v) is 1.32. The van der Waals surface area contributed by atoms with E-state index in [1.54, 1.807) is 0 Å². The molecule has 0 spiro atoms. The molecule has 15 heavy (non-hydrogen) atoms. The standard InChI is InChI=1S/C8H7N5OS/c9-7-11-6(12-8(15)13-7)4-3-10-2-1-5(4)14/h1-3H,(H,10,14)(H3,9,11,12,13,15). The van der Waals surface area contributed by atoms with Crippen molar-refractivity contribution in [3.63, 3.8) is 0 Å². The van der Waals surface area contributed by atoms with Crippen LogP contribution in [0.4, 0.5) is 5.95 Å². The lowest BCUT2D eigenvalue weighted by Gasteiger charge is -2.00. The summed E-state index contributed by atoms with van der Waals surface area (Å²) in [4.78, 5) is 24.5. The fraction of sp³-hybridized carbons (Fsp3) is 0. The predicted molar refractivity (Wildman–Crippen MR) is 57.7 cm³/mol. The molecule has 0 atom stereocenters. The first kappa shape index (κ1) is 9.53. The molecule has 4 N–H and O–H groups in total. The Labute approximate surface area is 89.2 Å². The Kier molecular flexibility index (Phi) is 2.30. The van der Waals surface area contributed by atoms with Crippen molar-refractivity contribution in [2.24, 2.45) is 0 Å². The number of hydrogen-bond acceptors (Lipinski definition) is 5. The lowest BCUT2D eigenvalue weighted by molar-refractivity contribution is 1.04. The van der Waals surface area contributed by atoms with Gasteiger partial charge >= 0.3 is 0 Å². The highest BCUT2D eigenvalue weighted by Crippen LogP contribution is 2.07. The highest BCUT2D eigenvalue weighted by Gasteiger charge is 2.05. The number of aromatic nitrogens is 4. The topological polar surface area (TPSA) is 100 Å². The molecule has 0 unspecified atom stereocenters. The van der Waals surface area contributed by atoms with Gasteiger partial charge in [0.15, 0.2) is 5.43 Å². The second kappa shape index (κ2) is 3.62. The molecule has 7 heteroatoms. The van der Waals surface area contributed by atoms with E-state index in [0.717, 1.165) is 0 Å². The van der Waals surface area contributed by atoms with Crippen LogP contribution in [-0.2, 0) is 0 Å². The van der Waals surface area contributed by atoms with E-state index in [0.29, 0.717) is 11.4 Å². The maximum absolute atomic E-state index is 11.5. The Morgan fingerprint density at radius 2 is 2.20 bits per heavy atom. The Hall–Kier alpha value is -2.02. The van der Waals surface area contributed by atoms with Crippen molar-refractivity contribution in [3.8, 4) is 11.4 Å². The summed E-state index contributed by atoms with van der Waals surface area (Å²) < 4.78 is 0.101. The smallest absolute Gasteiger partial charge is 0.224 e. The van der Waals surface area contributed by atoms with E-state index in [4.69, 9.17) is 18.0 Å². The third-order valence-electron chi connectivity index (χ3n) is 1.75. The first-order chi connectivity index (χ1) is 7.16. The van der Waals surface area contributed by atoms with E-state index in [9.17, 15) is 4.79 Å². The zero-order chi connectivity index (χ0) is 10.8. The Morgan fingerprint density at radius 1 is 1.40 bits per heavy atom. The van der Waals surface area contributed by atoms with Crippen molar-refractivity contribution in [2.75, 3.05) is 5.73 Å². The largest absolute Gasteiger partial charge is 0.369 e. The molecule has 0 bridgehead atoms. The van der Waals surface area contributed by atoms with E-state index in [2.05, 4.69) is 19.9 Å². The van der Waals surface area contributed by atoms with Crippen LogP contribution < -0.4 is 11.2 Å². The molecular weight excluding hydrogens is 214 g/mol. The minimum Gasteiger partial charge on any atom is -0.369 e. The molecule has 0 amide bonds. The van der Waals surface area contributed by atoms with Crippen molar-refractivity contribution < 1.29 is 0 Å². The molecule has 0 aromatic carbocycles. The summed E-state index contributed by atoms with van der Waals surface area (Å²) in [5, 5.41) is 0. The van der Waals surface area contributed by atoms with Crippen molar-refractivity contribution in [3.05, 3.63) is 33.5 Å². The summed E-state index contributed by atoms with van der Waals surface area (Å²) in [6.07, 6.45) is 3.06. The minimum atomic E-state index is -0.169. The van der Waals surface area contributed by atoms with Gasteiger partial charge in [0, 0.05) is 18.5 Å². The van der Waals surface area contributed by atoms with Crippen LogP contribution in [0.5, 0.6) is 0 Å². The summed E-state index contributed by atoms with van der Waals surface area (Å²) in [6.45, 7) is 0. The summed E-state index contributed by atoms with van der Waals surface area (Å²) in [6, 6.07) is 1.39. The Balaban J connectivity index is 2.70. The van der Waals surface area contributed by atoms with E-state index in [1.165, 1.54) is 18.5 Å². The zero-order valence-electron chi connectivity index (χ0n) is 7.52. The van der Waals surface area contributed by atoms with Gasteiger partial charge in [0.2, 0.25) is 10.7 Å². The molecule has 0 aliphatic heterocycles. The zero-order valence-corrected chi connectivity index (χ0v) is 8.34. The van der Waals surface area contributed by atoms with Crippen LogP contribution in [0.15, 0.2) is 23.3 Å². The summed E-state index contributed by atoms with van der Waals surface area (Å²) in [5.41, 5.74) is 5.67. The van der Waals surface area contributed by atoms with Crippen LogP contribution in [0.1, 0.15) is 0 Å². The lowest BCUT2D eigenvalue weighted by atomic mass is 10.2. The van der Waals surface area contributed by atoms with Gasteiger partial charge in [-0.05, 0) is 12.2 Å². The third-order valence-corrected chi connectivity index (χ3v) is 1.93. The van der Waals surface area contributed by atoms with Crippen LogP contribution in [0.3, 0.4) is 0 Å². The van der Waals surface area contributed by atoms with Crippen LogP contribution >= 0.6 is 12.2 Å². The molecule has 0 aliphatic rings. The van der Waals surface area contributed by atoms with Crippen molar-refractivity contribution in [1.29, 1.82) is 0 Å². The third kappa shape index (κ3) is 1.91. The first-order valence-corrected chi connectivity index (χ1v) is 4.49. The molecule has 76 valence electrons.